The Kier molecular flexibility index (Phi) is 6.06. The molecule has 0 radical (unpaired) electrons. The number of hydrogen-bond acceptors (Lipinski definition) is 6. The lowest BCUT2D eigenvalue weighted by molar-refractivity contribution is -0.384. The topological polar surface area (TPSA) is 145 Å². The Balaban J connectivity index is 2.71. The fourth-order valence-corrected chi connectivity index (χ4v) is 1.39. The second-order valence-corrected chi connectivity index (χ2v) is 4.02. The van der Waals surface area contributed by atoms with Crippen molar-refractivity contribution in [1.29, 1.82) is 5.26 Å². The van der Waals surface area contributed by atoms with Gasteiger partial charge in [-0.25, -0.2) is 0 Å². The highest BCUT2D eigenvalue weighted by atomic mass is 16.6. The van der Waals surface area contributed by atoms with Crippen LogP contribution in [0, 0.1) is 21.4 Å². The van der Waals surface area contributed by atoms with Gasteiger partial charge in [-0.1, -0.05) is 6.07 Å². The number of carboxylic acids is 1. The van der Waals surface area contributed by atoms with Crippen molar-refractivity contribution >= 4 is 23.3 Å². The molecule has 1 amide bonds. The SMILES string of the molecule is N#C/C(=C/Nc1cccc([N+](=O)[O-])c1)C(=O)NCCC(=O)O. The van der Waals surface area contributed by atoms with E-state index in [1.165, 1.54) is 24.3 Å². The summed E-state index contributed by atoms with van der Waals surface area (Å²) in [5.74, 6) is -1.81. The summed E-state index contributed by atoms with van der Waals surface area (Å²) in [5.41, 5.74) is -0.0833. The highest BCUT2D eigenvalue weighted by Gasteiger charge is 2.09. The number of nitrogens with zero attached hydrogens (tertiary/aromatic N) is 2. The molecule has 0 aliphatic carbocycles. The first-order valence-electron chi connectivity index (χ1n) is 6.05. The molecule has 1 rings (SSSR count). The second kappa shape index (κ2) is 8.01. The van der Waals surface area contributed by atoms with E-state index in [9.17, 15) is 19.7 Å². The number of amides is 1. The van der Waals surface area contributed by atoms with E-state index < -0.39 is 16.8 Å². The van der Waals surface area contributed by atoms with Crippen molar-refractivity contribution in [3.8, 4) is 6.07 Å². The molecule has 22 heavy (non-hydrogen) atoms. The van der Waals surface area contributed by atoms with E-state index in [4.69, 9.17) is 10.4 Å². The minimum Gasteiger partial charge on any atom is -0.481 e. The average molecular weight is 304 g/mol. The summed E-state index contributed by atoms with van der Waals surface area (Å²) in [6, 6.07) is 7.18. The van der Waals surface area contributed by atoms with Crippen LogP contribution in [0.4, 0.5) is 11.4 Å². The van der Waals surface area contributed by atoms with Crippen molar-refractivity contribution in [3.05, 3.63) is 46.2 Å². The summed E-state index contributed by atoms with van der Waals surface area (Å²) in [7, 11) is 0. The van der Waals surface area contributed by atoms with Gasteiger partial charge >= 0.3 is 5.97 Å². The summed E-state index contributed by atoms with van der Waals surface area (Å²) in [6.07, 6.45) is 0.831. The highest BCUT2D eigenvalue weighted by molar-refractivity contribution is 5.97. The summed E-state index contributed by atoms with van der Waals surface area (Å²) < 4.78 is 0. The lowest BCUT2D eigenvalue weighted by Crippen LogP contribution is -2.27. The van der Waals surface area contributed by atoms with Crippen LogP contribution in [0.2, 0.25) is 0 Å². The molecule has 0 atom stereocenters. The van der Waals surface area contributed by atoms with Gasteiger partial charge in [0.1, 0.15) is 11.6 Å². The minimum absolute atomic E-state index is 0.107. The van der Waals surface area contributed by atoms with Crippen LogP contribution in [0.25, 0.3) is 0 Å². The molecular weight excluding hydrogens is 292 g/mol. The molecule has 0 saturated heterocycles. The molecule has 0 aromatic heterocycles. The molecule has 0 aliphatic heterocycles. The smallest absolute Gasteiger partial charge is 0.305 e. The van der Waals surface area contributed by atoms with Crippen LogP contribution in [0.15, 0.2) is 36.0 Å². The molecule has 114 valence electrons. The quantitative estimate of drug-likeness (QED) is 0.295. The van der Waals surface area contributed by atoms with Crippen molar-refractivity contribution in [2.75, 3.05) is 11.9 Å². The largest absolute Gasteiger partial charge is 0.481 e. The molecule has 0 bridgehead atoms. The summed E-state index contributed by atoms with van der Waals surface area (Å²) in [4.78, 5) is 32.0. The van der Waals surface area contributed by atoms with Crippen molar-refractivity contribution < 1.29 is 19.6 Å². The molecule has 1 aromatic carbocycles. The standard InChI is InChI=1S/C13H12N4O5/c14-7-9(13(20)15-5-4-12(18)19)8-16-10-2-1-3-11(6-10)17(21)22/h1-3,6,8,16H,4-5H2,(H,15,20)(H,18,19)/b9-8-. The lowest BCUT2D eigenvalue weighted by atomic mass is 10.2. The third kappa shape index (κ3) is 5.30. The number of non-ortho nitro benzene ring substituents is 1. The fraction of sp³-hybridized carbons (Fsp3) is 0.154. The number of nitro groups is 1. The summed E-state index contributed by atoms with van der Waals surface area (Å²) in [5, 5.41) is 32.8. The number of carbonyl (C=O) groups is 2. The van der Waals surface area contributed by atoms with Crippen LogP contribution in [0.5, 0.6) is 0 Å². The first-order chi connectivity index (χ1) is 10.4. The van der Waals surface area contributed by atoms with E-state index in [1.807, 2.05) is 0 Å². The maximum atomic E-state index is 11.6. The monoisotopic (exact) mass is 304 g/mol. The molecule has 0 aliphatic rings. The van der Waals surface area contributed by atoms with E-state index in [1.54, 1.807) is 6.07 Å². The highest BCUT2D eigenvalue weighted by Crippen LogP contribution is 2.17. The Morgan fingerprint density at radius 3 is 2.77 bits per heavy atom. The number of nitro benzene ring substituents is 1. The van der Waals surface area contributed by atoms with Gasteiger partial charge in [-0.15, -0.1) is 0 Å². The van der Waals surface area contributed by atoms with Gasteiger partial charge in [0.2, 0.25) is 0 Å². The normalized spacial score (nSPS) is 10.4. The number of rotatable bonds is 7. The minimum atomic E-state index is -1.07. The number of aliphatic carboxylic acids is 1. The van der Waals surface area contributed by atoms with Crippen LogP contribution >= 0.6 is 0 Å². The molecule has 1 aromatic rings. The van der Waals surface area contributed by atoms with Crippen LogP contribution in [0.1, 0.15) is 6.42 Å². The third-order valence-electron chi connectivity index (χ3n) is 2.43. The van der Waals surface area contributed by atoms with E-state index >= 15 is 0 Å². The van der Waals surface area contributed by atoms with Crippen molar-refractivity contribution in [2.45, 2.75) is 6.42 Å². The predicted molar refractivity (Wildman–Crippen MR) is 75.7 cm³/mol. The number of carbonyl (C=O) groups excluding carboxylic acids is 1. The fourth-order valence-electron chi connectivity index (χ4n) is 1.39. The second-order valence-electron chi connectivity index (χ2n) is 4.02. The van der Waals surface area contributed by atoms with Crippen LogP contribution in [-0.4, -0.2) is 28.5 Å². The van der Waals surface area contributed by atoms with E-state index in [-0.39, 0.29) is 24.2 Å². The maximum absolute atomic E-state index is 11.6. The van der Waals surface area contributed by atoms with Crippen LogP contribution < -0.4 is 10.6 Å². The Hall–Kier alpha value is -3.41. The Bertz CT molecular complexity index is 663. The van der Waals surface area contributed by atoms with Crippen LogP contribution in [0.3, 0.4) is 0 Å². The lowest BCUT2D eigenvalue weighted by Gasteiger charge is -2.04. The van der Waals surface area contributed by atoms with Gasteiger partial charge in [-0.2, -0.15) is 5.26 Å². The third-order valence-corrected chi connectivity index (χ3v) is 2.43. The van der Waals surface area contributed by atoms with Gasteiger partial charge in [0, 0.05) is 30.6 Å². The van der Waals surface area contributed by atoms with Gasteiger partial charge < -0.3 is 15.7 Å². The molecule has 0 fully saturated rings. The van der Waals surface area contributed by atoms with E-state index in [0.717, 1.165) is 6.20 Å². The van der Waals surface area contributed by atoms with Crippen molar-refractivity contribution in [2.24, 2.45) is 0 Å². The zero-order chi connectivity index (χ0) is 16.5. The zero-order valence-corrected chi connectivity index (χ0v) is 11.3. The molecule has 0 saturated carbocycles. The maximum Gasteiger partial charge on any atom is 0.305 e. The molecule has 0 unspecified atom stereocenters. The number of hydrogen-bond donors (Lipinski definition) is 3. The first-order valence-corrected chi connectivity index (χ1v) is 6.05. The number of anilines is 1. The molecule has 0 heterocycles. The van der Waals surface area contributed by atoms with Crippen molar-refractivity contribution in [1.82, 2.24) is 5.32 Å². The van der Waals surface area contributed by atoms with Gasteiger partial charge in [0.15, 0.2) is 0 Å². The Morgan fingerprint density at radius 2 is 2.18 bits per heavy atom. The number of nitrogens with one attached hydrogen (secondary N) is 2. The van der Waals surface area contributed by atoms with E-state index in [0.29, 0.717) is 5.69 Å². The summed E-state index contributed by atoms with van der Waals surface area (Å²) >= 11 is 0. The Morgan fingerprint density at radius 1 is 1.45 bits per heavy atom. The van der Waals surface area contributed by atoms with Crippen LogP contribution in [-0.2, 0) is 9.59 Å². The molecule has 0 spiro atoms. The molecule has 3 N–H and O–H groups in total. The molecule has 9 heteroatoms. The predicted octanol–water partition coefficient (Wildman–Crippen LogP) is 1.01. The molecular formula is C13H12N4O5. The van der Waals surface area contributed by atoms with E-state index in [2.05, 4.69) is 10.6 Å². The van der Waals surface area contributed by atoms with Gasteiger partial charge in [0.05, 0.1) is 11.3 Å². The average Bonchev–Trinajstić information content (AvgIpc) is 2.47. The number of benzene rings is 1. The first kappa shape index (κ1) is 16.6. The number of carboxylic acid groups (broad SMARTS) is 1. The van der Waals surface area contributed by atoms with Crippen molar-refractivity contribution in [3.63, 3.8) is 0 Å². The molecule has 9 nitrogen and oxygen atoms in total. The van der Waals surface area contributed by atoms with Gasteiger partial charge in [-0.3, -0.25) is 19.7 Å². The Labute approximate surface area is 125 Å². The zero-order valence-electron chi connectivity index (χ0n) is 11.3. The van der Waals surface area contributed by atoms with Gasteiger partial charge in [0.25, 0.3) is 11.6 Å². The summed E-state index contributed by atoms with van der Waals surface area (Å²) in [6.45, 7) is -0.107. The van der Waals surface area contributed by atoms with Gasteiger partial charge in [-0.05, 0) is 6.07 Å². The number of nitriles is 1.